The number of ether oxygens (including phenoxy) is 1. The number of anilines is 1. The second-order valence-electron chi connectivity index (χ2n) is 6.73. The van der Waals surface area contributed by atoms with Gasteiger partial charge in [0.15, 0.2) is 0 Å². The number of benzene rings is 2. The van der Waals surface area contributed by atoms with E-state index in [1.807, 2.05) is 24.3 Å². The van der Waals surface area contributed by atoms with Crippen molar-refractivity contribution in [2.24, 2.45) is 0 Å². The molecule has 0 unspecified atom stereocenters. The highest BCUT2D eigenvalue weighted by molar-refractivity contribution is 6.02. The number of methoxy groups -OCH3 is 1. The van der Waals surface area contributed by atoms with E-state index >= 15 is 0 Å². The molecule has 0 aliphatic carbocycles. The highest BCUT2D eigenvalue weighted by Gasteiger charge is 2.17. The molecule has 1 amide bonds. The zero-order valence-corrected chi connectivity index (χ0v) is 15.0. The third kappa shape index (κ3) is 5.05. The van der Waals surface area contributed by atoms with E-state index < -0.39 is 0 Å². The zero-order valence-electron chi connectivity index (χ0n) is 15.0. The van der Waals surface area contributed by atoms with E-state index in [4.69, 9.17) is 0 Å². The smallest absolute Gasteiger partial charge is 0.337 e. The zero-order chi connectivity index (χ0) is 18.4. The lowest BCUT2D eigenvalue weighted by atomic mass is 9.86. The van der Waals surface area contributed by atoms with Crippen LogP contribution in [0.2, 0.25) is 0 Å². The fourth-order valence-corrected chi connectivity index (χ4v) is 2.44. The topological polar surface area (TPSA) is 55.4 Å². The molecule has 0 saturated carbocycles. The summed E-state index contributed by atoms with van der Waals surface area (Å²) in [6.45, 7) is 6.32. The standard InChI is InChI=1S/C21H23NO3/c1-21(2,3)17-7-5-6-8-18(17)22-19(23)14-11-15-9-12-16(13-10-15)20(24)25-4/h5-14H,1-4H3,(H,22,23). The van der Waals surface area contributed by atoms with Crippen molar-refractivity contribution in [3.05, 3.63) is 71.3 Å². The summed E-state index contributed by atoms with van der Waals surface area (Å²) in [5.74, 6) is -0.583. The Morgan fingerprint density at radius 2 is 1.64 bits per heavy atom. The summed E-state index contributed by atoms with van der Waals surface area (Å²) in [5.41, 5.74) is 3.14. The molecule has 4 heteroatoms. The van der Waals surface area contributed by atoms with E-state index in [1.165, 1.54) is 13.2 Å². The van der Waals surface area contributed by atoms with Gasteiger partial charge in [0.05, 0.1) is 12.7 Å². The van der Waals surface area contributed by atoms with Crippen molar-refractivity contribution in [2.45, 2.75) is 26.2 Å². The highest BCUT2D eigenvalue weighted by Crippen LogP contribution is 2.29. The van der Waals surface area contributed by atoms with Gasteiger partial charge in [0.1, 0.15) is 0 Å². The van der Waals surface area contributed by atoms with Crippen LogP contribution in [-0.4, -0.2) is 19.0 Å². The lowest BCUT2D eigenvalue weighted by Crippen LogP contribution is -2.17. The molecule has 0 aliphatic rings. The predicted molar refractivity (Wildman–Crippen MR) is 101 cm³/mol. The van der Waals surface area contributed by atoms with Crippen molar-refractivity contribution >= 4 is 23.6 Å². The Morgan fingerprint density at radius 3 is 2.24 bits per heavy atom. The summed E-state index contributed by atoms with van der Waals surface area (Å²) >= 11 is 0. The van der Waals surface area contributed by atoms with E-state index in [2.05, 4.69) is 30.8 Å². The fraction of sp³-hybridized carbons (Fsp3) is 0.238. The first kappa shape index (κ1) is 18.5. The van der Waals surface area contributed by atoms with Gasteiger partial charge >= 0.3 is 5.97 Å². The number of hydrogen-bond acceptors (Lipinski definition) is 3. The van der Waals surface area contributed by atoms with E-state index in [0.717, 1.165) is 16.8 Å². The largest absolute Gasteiger partial charge is 0.465 e. The Bertz CT molecular complexity index is 784. The van der Waals surface area contributed by atoms with Gasteiger partial charge in [0.2, 0.25) is 5.91 Å². The Labute approximate surface area is 148 Å². The molecule has 25 heavy (non-hydrogen) atoms. The van der Waals surface area contributed by atoms with Crippen molar-refractivity contribution in [2.75, 3.05) is 12.4 Å². The van der Waals surface area contributed by atoms with Crippen LogP contribution in [0.1, 0.15) is 42.3 Å². The van der Waals surface area contributed by atoms with Crippen molar-refractivity contribution < 1.29 is 14.3 Å². The molecule has 0 fully saturated rings. The normalized spacial score (nSPS) is 11.4. The molecule has 0 aliphatic heterocycles. The minimum atomic E-state index is -0.382. The summed E-state index contributed by atoms with van der Waals surface area (Å²) in [4.78, 5) is 23.6. The molecule has 130 valence electrons. The second-order valence-corrected chi connectivity index (χ2v) is 6.73. The summed E-state index contributed by atoms with van der Waals surface area (Å²) in [7, 11) is 1.34. The van der Waals surface area contributed by atoms with Gasteiger partial charge in [-0.3, -0.25) is 4.79 Å². The van der Waals surface area contributed by atoms with Gasteiger partial charge in [0, 0.05) is 11.8 Å². The van der Waals surface area contributed by atoms with E-state index in [1.54, 1.807) is 30.3 Å². The van der Waals surface area contributed by atoms with Crippen molar-refractivity contribution in [1.29, 1.82) is 0 Å². The fourth-order valence-electron chi connectivity index (χ4n) is 2.44. The number of carbonyl (C=O) groups excluding carboxylic acids is 2. The van der Waals surface area contributed by atoms with Crippen molar-refractivity contribution in [3.8, 4) is 0 Å². The second kappa shape index (κ2) is 7.79. The van der Waals surface area contributed by atoms with Gasteiger partial charge < -0.3 is 10.1 Å². The van der Waals surface area contributed by atoms with E-state index in [9.17, 15) is 9.59 Å². The van der Waals surface area contributed by atoms with Crippen LogP contribution in [0.3, 0.4) is 0 Å². The third-order valence-corrected chi connectivity index (χ3v) is 3.75. The summed E-state index contributed by atoms with van der Waals surface area (Å²) < 4.78 is 4.66. The number of nitrogens with one attached hydrogen (secondary N) is 1. The lowest BCUT2D eigenvalue weighted by molar-refractivity contribution is -0.111. The number of hydrogen-bond donors (Lipinski definition) is 1. The SMILES string of the molecule is COC(=O)c1ccc(C=CC(=O)Nc2ccccc2C(C)(C)C)cc1. The van der Waals surface area contributed by atoms with E-state index in [-0.39, 0.29) is 17.3 Å². The molecule has 0 heterocycles. The summed E-state index contributed by atoms with van der Waals surface area (Å²) in [5, 5.41) is 2.93. The van der Waals surface area contributed by atoms with Crippen LogP contribution >= 0.6 is 0 Å². The minimum Gasteiger partial charge on any atom is -0.465 e. The molecular weight excluding hydrogens is 314 g/mol. The van der Waals surface area contributed by atoms with Crippen LogP contribution in [0.5, 0.6) is 0 Å². The van der Waals surface area contributed by atoms with Gasteiger partial charge in [0.25, 0.3) is 0 Å². The molecule has 2 aromatic rings. The molecule has 2 rings (SSSR count). The summed E-state index contributed by atoms with van der Waals surface area (Å²) in [6.07, 6.45) is 3.18. The Kier molecular flexibility index (Phi) is 5.75. The number of rotatable bonds is 4. The van der Waals surface area contributed by atoms with Gasteiger partial charge in [-0.2, -0.15) is 0 Å². The first-order valence-corrected chi connectivity index (χ1v) is 8.08. The molecule has 1 N–H and O–H groups in total. The van der Waals surface area contributed by atoms with Crippen LogP contribution in [-0.2, 0) is 14.9 Å². The quantitative estimate of drug-likeness (QED) is 0.663. The lowest BCUT2D eigenvalue weighted by Gasteiger charge is -2.22. The number of para-hydroxylation sites is 1. The molecule has 0 bridgehead atoms. The van der Waals surface area contributed by atoms with Crippen LogP contribution in [0, 0.1) is 0 Å². The molecule has 0 aromatic heterocycles. The Morgan fingerprint density at radius 1 is 1.00 bits per heavy atom. The molecule has 0 spiro atoms. The van der Waals surface area contributed by atoms with Gasteiger partial charge in [-0.25, -0.2) is 4.79 Å². The van der Waals surface area contributed by atoms with E-state index in [0.29, 0.717) is 5.56 Å². The minimum absolute atomic E-state index is 0.0582. The van der Waals surface area contributed by atoms with Gasteiger partial charge in [-0.1, -0.05) is 51.1 Å². The number of carbonyl (C=O) groups is 2. The number of amides is 1. The van der Waals surface area contributed by atoms with Crippen LogP contribution in [0.25, 0.3) is 6.08 Å². The number of esters is 1. The Balaban J connectivity index is 2.08. The molecule has 4 nitrogen and oxygen atoms in total. The van der Waals surface area contributed by atoms with Gasteiger partial charge in [-0.15, -0.1) is 0 Å². The predicted octanol–water partition coefficient (Wildman–Crippen LogP) is 4.42. The molecule has 0 atom stereocenters. The third-order valence-electron chi connectivity index (χ3n) is 3.75. The molecular formula is C21H23NO3. The van der Waals surface area contributed by atoms with Crippen LogP contribution < -0.4 is 5.32 Å². The maximum Gasteiger partial charge on any atom is 0.337 e. The highest BCUT2D eigenvalue weighted by atomic mass is 16.5. The Hall–Kier alpha value is -2.88. The van der Waals surface area contributed by atoms with Crippen LogP contribution in [0.4, 0.5) is 5.69 Å². The van der Waals surface area contributed by atoms with Crippen LogP contribution in [0.15, 0.2) is 54.6 Å². The maximum absolute atomic E-state index is 12.2. The van der Waals surface area contributed by atoms with Gasteiger partial charge in [-0.05, 0) is 40.8 Å². The first-order valence-electron chi connectivity index (χ1n) is 8.08. The van der Waals surface area contributed by atoms with Crippen molar-refractivity contribution in [3.63, 3.8) is 0 Å². The molecule has 0 radical (unpaired) electrons. The molecule has 0 saturated heterocycles. The first-order chi connectivity index (χ1) is 11.8. The average molecular weight is 337 g/mol. The summed E-state index contributed by atoms with van der Waals surface area (Å²) in [6, 6.07) is 14.6. The molecule has 2 aromatic carbocycles. The maximum atomic E-state index is 12.2. The monoisotopic (exact) mass is 337 g/mol. The van der Waals surface area contributed by atoms with Crippen molar-refractivity contribution in [1.82, 2.24) is 0 Å². The average Bonchev–Trinajstić information content (AvgIpc) is 2.59.